The van der Waals surface area contributed by atoms with Crippen LogP contribution < -0.4 is 15.5 Å². The second kappa shape index (κ2) is 9.54. The van der Waals surface area contributed by atoms with Gasteiger partial charge in [-0.1, -0.05) is 30.3 Å². The number of benzene rings is 2. The largest absolute Gasteiger partial charge is 0.366 e. The number of halogens is 1. The molecule has 2 saturated heterocycles. The van der Waals surface area contributed by atoms with Crippen molar-refractivity contribution in [3.05, 3.63) is 90.5 Å². The lowest BCUT2D eigenvalue weighted by atomic mass is 10.2. The predicted molar refractivity (Wildman–Crippen MR) is 141 cm³/mol. The van der Waals surface area contributed by atoms with Crippen molar-refractivity contribution in [2.75, 3.05) is 35.7 Å². The van der Waals surface area contributed by atoms with Crippen LogP contribution in [0.4, 0.5) is 27.5 Å². The van der Waals surface area contributed by atoms with Crippen LogP contribution >= 0.6 is 0 Å². The smallest absolute Gasteiger partial charge is 0.227 e. The van der Waals surface area contributed by atoms with E-state index in [2.05, 4.69) is 54.6 Å². The zero-order chi connectivity index (χ0) is 24.5. The van der Waals surface area contributed by atoms with Gasteiger partial charge in [-0.25, -0.2) is 19.3 Å². The summed E-state index contributed by atoms with van der Waals surface area (Å²) in [4.78, 5) is 18.0. The van der Waals surface area contributed by atoms with Gasteiger partial charge in [0.15, 0.2) is 0 Å². The Labute approximate surface area is 210 Å². The van der Waals surface area contributed by atoms with Gasteiger partial charge in [0, 0.05) is 55.4 Å². The number of hydrogen-bond donors (Lipinski definition) is 2. The highest BCUT2D eigenvalue weighted by Crippen LogP contribution is 2.35. The van der Waals surface area contributed by atoms with Gasteiger partial charge in [-0.05, 0) is 55.4 Å². The maximum absolute atomic E-state index is 15.0. The molecule has 4 heterocycles. The molecule has 182 valence electrons. The molecule has 0 amide bonds. The van der Waals surface area contributed by atoms with Gasteiger partial charge in [0.05, 0.1) is 11.4 Å². The van der Waals surface area contributed by atoms with E-state index in [1.165, 1.54) is 11.6 Å². The Hall–Kier alpha value is -4.04. The summed E-state index contributed by atoms with van der Waals surface area (Å²) in [5, 5.41) is 6.47. The molecule has 2 aliphatic heterocycles. The summed E-state index contributed by atoms with van der Waals surface area (Å²) in [6, 6.07) is 22.1. The lowest BCUT2D eigenvalue weighted by molar-refractivity contribution is 0.292. The fourth-order valence-electron chi connectivity index (χ4n) is 5.13. The second-order valence-electron chi connectivity index (χ2n) is 9.46. The first-order valence-electron chi connectivity index (χ1n) is 12.2. The lowest BCUT2D eigenvalue weighted by Gasteiger charge is -2.33. The molecular weight excluding hydrogens is 453 g/mol. The SMILES string of the molecule is CN1C[C@@H]2C[C@H]1CN2c1ccc(Nc2nccc(-c3ccc(NCc4ccccc4)nc3)n2)cc1F. The predicted octanol–water partition coefficient (Wildman–Crippen LogP) is 4.93. The number of rotatable bonds is 7. The summed E-state index contributed by atoms with van der Waals surface area (Å²) in [6.07, 6.45) is 4.58. The van der Waals surface area contributed by atoms with Gasteiger partial charge < -0.3 is 15.5 Å². The van der Waals surface area contributed by atoms with Crippen molar-refractivity contribution in [2.45, 2.75) is 25.0 Å². The van der Waals surface area contributed by atoms with E-state index in [0.29, 0.717) is 36.0 Å². The van der Waals surface area contributed by atoms with Crippen LogP contribution in [0, 0.1) is 5.82 Å². The second-order valence-corrected chi connectivity index (χ2v) is 9.46. The van der Waals surface area contributed by atoms with E-state index in [1.807, 2.05) is 48.5 Å². The monoisotopic (exact) mass is 481 g/mol. The van der Waals surface area contributed by atoms with Gasteiger partial charge in [0.1, 0.15) is 11.6 Å². The molecule has 2 atom stereocenters. The van der Waals surface area contributed by atoms with Gasteiger partial charge in [-0.3, -0.25) is 4.90 Å². The van der Waals surface area contributed by atoms with Crippen LogP contribution in [0.1, 0.15) is 12.0 Å². The van der Waals surface area contributed by atoms with Gasteiger partial charge in [-0.15, -0.1) is 0 Å². The van der Waals surface area contributed by atoms with Gasteiger partial charge >= 0.3 is 0 Å². The third-order valence-electron chi connectivity index (χ3n) is 7.06. The maximum atomic E-state index is 15.0. The third kappa shape index (κ3) is 4.59. The van der Waals surface area contributed by atoms with Crippen molar-refractivity contribution in [3.63, 3.8) is 0 Å². The highest BCUT2D eigenvalue weighted by atomic mass is 19.1. The Morgan fingerprint density at radius 3 is 2.58 bits per heavy atom. The number of aromatic nitrogens is 3. The zero-order valence-corrected chi connectivity index (χ0v) is 20.1. The molecule has 0 aliphatic carbocycles. The fraction of sp³-hybridized carbons (Fsp3) is 0.250. The quantitative estimate of drug-likeness (QED) is 0.388. The standard InChI is InChI=1S/C28H28FN7/c1-35-17-23-14-22(35)18-36(23)26-9-8-21(13-24(26)29)33-28-30-12-11-25(34-28)20-7-10-27(32-16-20)31-15-19-5-3-2-4-6-19/h2-13,16,22-23H,14-15,17-18H2,1H3,(H,31,32)(H,30,33,34)/t22-,23-/m0/s1. The van der Waals surface area contributed by atoms with E-state index in [1.54, 1.807) is 12.4 Å². The number of nitrogens with one attached hydrogen (secondary N) is 2. The van der Waals surface area contributed by atoms with Crippen molar-refractivity contribution < 1.29 is 4.39 Å². The summed E-state index contributed by atoms with van der Waals surface area (Å²) >= 11 is 0. The average Bonchev–Trinajstić information content (AvgIpc) is 3.48. The Morgan fingerprint density at radius 2 is 1.86 bits per heavy atom. The molecule has 0 radical (unpaired) electrons. The van der Waals surface area contributed by atoms with Crippen molar-refractivity contribution in [2.24, 2.45) is 0 Å². The molecule has 2 aliphatic rings. The number of likely N-dealkylation sites (tertiary alicyclic amines) is 1. The fourth-order valence-corrected chi connectivity index (χ4v) is 5.13. The molecule has 2 fully saturated rings. The summed E-state index contributed by atoms with van der Waals surface area (Å²) in [5.74, 6) is 0.977. The molecule has 2 bridgehead atoms. The summed E-state index contributed by atoms with van der Waals surface area (Å²) in [7, 11) is 2.15. The van der Waals surface area contributed by atoms with Gasteiger partial charge in [0.25, 0.3) is 0 Å². The van der Waals surface area contributed by atoms with Crippen LogP contribution in [0.15, 0.2) is 79.1 Å². The molecule has 7 nitrogen and oxygen atoms in total. The van der Waals surface area contributed by atoms with E-state index < -0.39 is 0 Å². The number of piperazine rings is 1. The zero-order valence-electron chi connectivity index (χ0n) is 20.1. The first kappa shape index (κ1) is 22.4. The van der Waals surface area contributed by atoms with E-state index in [-0.39, 0.29) is 5.82 Å². The molecule has 36 heavy (non-hydrogen) atoms. The first-order valence-corrected chi connectivity index (χ1v) is 12.2. The average molecular weight is 482 g/mol. The van der Waals surface area contributed by atoms with E-state index in [4.69, 9.17) is 0 Å². The van der Waals surface area contributed by atoms with Crippen LogP contribution in [0.25, 0.3) is 11.3 Å². The van der Waals surface area contributed by atoms with Crippen LogP contribution in [-0.4, -0.2) is 52.1 Å². The van der Waals surface area contributed by atoms with E-state index in [0.717, 1.165) is 36.6 Å². The van der Waals surface area contributed by atoms with E-state index in [9.17, 15) is 0 Å². The number of likely N-dealkylation sites (N-methyl/N-ethyl adjacent to an activating group) is 1. The number of pyridine rings is 1. The lowest BCUT2D eigenvalue weighted by Crippen LogP contribution is -2.44. The number of nitrogens with zero attached hydrogens (tertiary/aromatic N) is 5. The van der Waals surface area contributed by atoms with Crippen LogP contribution in [0.2, 0.25) is 0 Å². The molecule has 0 saturated carbocycles. The first-order chi connectivity index (χ1) is 17.6. The molecule has 4 aromatic rings. The van der Waals surface area contributed by atoms with E-state index >= 15 is 4.39 Å². The minimum atomic E-state index is -0.228. The van der Waals surface area contributed by atoms with Crippen LogP contribution in [0.3, 0.4) is 0 Å². The van der Waals surface area contributed by atoms with Crippen molar-refractivity contribution in [3.8, 4) is 11.3 Å². The molecule has 6 rings (SSSR count). The van der Waals surface area contributed by atoms with Crippen molar-refractivity contribution >= 4 is 23.1 Å². The Bertz CT molecular complexity index is 1340. The van der Waals surface area contributed by atoms with Crippen molar-refractivity contribution in [1.82, 2.24) is 19.9 Å². The highest BCUT2D eigenvalue weighted by molar-refractivity contribution is 5.64. The number of hydrogen-bond acceptors (Lipinski definition) is 7. The molecule has 2 aromatic heterocycles. The molecule has 8 heteroatoms. The van der Waals surface area contributed by atoms with Crippen LogP contribution in [-0.2, 0) is 6.54 Å². The Kier molecular flexibility index (Phi) is 5.95. The molecule has 2 N–H and O–H groups in total. The number of fused-ring (bicyclic) bond motifs is 2. The topological polar surface area (TPSA) is 69.2 Å². The Balaban J connectivity index is 1.12. The van der Waals surface area contributed by atoms with Crippen molar-refractivity contribution in [1.29, 1.82) is 0 Å². The number of anilines is 4. The molecule has 2 aromatic carbocycles. The van der Waals surface area contributed by atoms with Gasteiger partial charge in [0.2, 0.25) is 5.95 Å². The minimum Gasteiger partial charge on any atom is -0.366 e. The summed E-state index contributed by atoms with van der Waals surface area (Å²) < 4.78 is 15.0. The molecule has 0 unspecified atom stereocenters. The maximum Gasteiger partial charge on any atom is 0.227 e. The third-order valence-corrected chi connectivity index (χ3v) is 7.06. The van der Waals surface area contributed by atoms with Gasteiger partial charge in [-0.2, -0.15) is 0 Å². The highest BCUT2D eigenvalue weighted by Gasteiger charge is 2.42. The minimum absolute atomic E-state index is 0.228. The summed E-state index contributed by atoms with van der Waals surface area (Å²) in [6.45, 7) is 2.58. The van der Waals surface area contributed by atoms with Crippen LogP contribution in [0.5, 0.6) is 0 Å². The molecular formula is C28H28FN7. The normalized spacial score (nSPS) is 19.0. The molecule has 0 spiro atoms. The Morgan fingerprint density at radius 1 is 0.972 bits per heavy atom. The summed E-state index contributed by atoms with van der Waals surface area (Å²) in [5.41, 5.74) is 4.10.